The van der Waals surface area contributed by atoms with Gasteiger partial charge in [0.15, 0.2) is 5.82 Å². The van der Waals surface area contributed by atoms with Crippen LogP contribution in [-0.2, 0) is 0 Å². The molecule has 1 amide bonds. The minimum atomic E-state index is -0.165. The number of nitrogens with zero attached hydrogens (tertiary/aromatic N) is 4. The van der Waals surface area contributed by atoms with Gasteiger partial charge in [-0.1, -0.05) is 26.0 Å². The normalized spacial score (nSPS) is 12.2. The quantitative estimate of drug-likeness (QED) is 0.766. The molecule has 3 rings (SSSR count). The fourth-order valence-corrected chi connectivity index (χ4v) is 2.94. The van der Waals surface area contributed by atoms with Crippen molar-refractivity contribution < 1.29 is 4.79 Å². The van der Waals surface area contributed by atoms with Crippen molar-refractivity contribution >= 4 is 5.91 Å². The average Bonchev–Trinajstić information content (AvgIpc) is 3.02. The lowest BCUT2D eigenvalue weighted by molar-refractivity contribution is 0.0923. The predicted molar refractivity (Wildman–Crippen MR) is 100 cm³/mol. The summed E-state index contributed by atoms with van der Waals surface area (Å²) in [6.45, 7) is 8.02. The molecule has 0 unspecified atom stereocenters. The van der Waals surface area contributed by atoms with Gasteiger partial charge < -0.3 is 5.32 Å². The highest BCUT2D eigenvalue weighted by Gasteiger charge is 2.24. The van der Waals surface area contributed by atoms with E-state index in [1.54, 1.807) is 23.3 Å². The Morgan fingerprint density at radius 3 is 2.50 bits per heavy atom. The fraction of sp³-hybridized carbons (Fsp3) is 0.300. The molecular formula is C20H23N5O. The van der Waals surface area contributed by atoms with Crippen molar-refractivity contribution in [3.63, 3.8) is 0 Å². The molecule has 1 atom stereocenters. The third kappa shape index (κ3) is 3.49. The highest BCUT2D eigenvalue weighted by atomic mass is 16.1. The number of carbonyl (C=O) groups excluding carboxylic acids is 1. The first-order valence-electron chi connectivity index (χ1n) is 8.67. The lowest BCUT2D eigenvalue weighted by Crippen LogP contribution is -2.33. The number of aromatic nitrogens is 4. The molecule has 0 radical (unpaired) electrons. The second-order valence-electron chi connectivity index (χ2n) is 6.64. The van der Waals surface area contributed by atoms with Gasteiger partial charge in [-0.15, -0.1) is 0 Å². The highest BCUT2D eigenvalue weighted by Crippen LogP contribution is 2.23. The van der Waals surface area contributed by atoms with Gasteiger partial charge in [-0.25, -0.2) is 9.67 Å². The topological polar surface area (TPSA) is 72.7 Å². The first-order chi connectivity index (χ1) is 12.5. The Morgan fingerprint density at radius 2 is 1.85 bits per heavy atom. The van der Waals surface area contributed by atoms with Crippen LogP contribution < -0.4 is 5.32 Å². The molecule has 0 aliphatic heterocycles. The second-order valence-corrected chi connectivity index (χ2v) is 6.64. The Bertz CT molecular complexity index is 902. The van der Waals surface area contributed by atoms with E-state index in [9.17, 15) is 4.79 Å². The van der Waals surface area contributed by atoms with E-state index in [-0.39, 0.29) is 17.9 Å². The minimum Gasteiger partial charge on any atom is -0.343 e. The predicted octanol–water partition coefficient (Wildman–Crippen LogP) is 3.41. The fourth-order valence-electron chi connectivity index (χ4n) is 2.94. The van der Waals surface area contributed by atoms with Crippen molar-refractivity contribution in [2.24, 2.45) is 5.92 Å². The third-order valence-corrected chi connectivity index (χ3v) is 4.42. The monoisotopic (exact) mass is 349 g/mol. The van der Waals surface area contributed by atoms with Gasteiger partial charge in [-0.05, 0) is 43.5 Å². The zero-order valence-corrected chi connectivity index (χ0v) is 15.5. The van der Waals surface area contributed by atoms with E-state index in [1.807, 2.05) is 44.2 Å². The van der Waals surface area contributed by atoms with Gasteiger partial charge in [0.05, 0.1) is 29.2 Å². The van der Waals surface area contributed by atoms with Gasteiger partial charge in [0.1, 0.15) is 0 Å². The summed E-state index contributed by atoms with van der Waals surface area (Å²) in [5.41, 5.74) is 3.24. The van der Waals surface area contributed by atoms with Crippen LogP contribution >= 0.6 is 0 Å². The van der Waals surface area contributed by atoms with E-state index in [2.05, 4.69) is 34.2 Å². The molecule has 6 nitrogen and oxygen atoms in total. The minimum absolute atomic E-state index is 0.159. The summed E-state index contributed by atoms with van der Waals surface area (Å²) in [4.78, 5) is 21.7. The maximum Gasteiger partial charge on any atom is 0.255 e. The zero-order chi connectivity index (χ0) is 18.7. The molecule has 0 aliphatic carbocycles. The summed E-state index contributed by atoms with van der Waals surface area (Å²) in [5, 5.41) is 7.45. The van der Waals surface area contributed by atoms with Crippen LogP contribution in [0.15, 0.2) is 48.9 Å². The summed E-state index contributed by atoms with van der Waals surface area (Å²) in [7, 11) is 0. The molecule has 26 heavy (non-hydrogen) atoms. The molecule has 0 fully saturated rings. The van der Waals surface area contributed by atoms with Crippen LogP contribution in [-0.4, -0.2) is 25.7 Å². The standard InChI is InChI=1S/C20H23N5O/c1-13(2)18(19-14(3)8-7-11-22-19)24-20(26)16-12-23-25(15(16)4)17-9-5-6-10-21-17/h5-13,18H,1-4H3,(H,24,26)/t18-/m0/s1. The molecule has 0 spiro atoms. The number of carbonyl (C=O) groups is 1. The lowest BCUT2D eigenvalue weighted by Gasteiger charge is -2.23. The van der Waals surface area contributed by atoms with Crippen molar-refractivity contribution in [3.8, 4) is 5.82 Å². The number of aryl methyl sites for hydroxylation is 1. The van der Waals surface area contributed by atoms with E-state index in [0.29, 0.717) is 11.4 Å². The van der Waals surface area contributed by atoms with Crippen LogP contribution in [0.25, 0.3) is 5.82 Å². The molecule has 0 saturated heterocycles. The summed E-state index contributed by atoms with van der Waals surface area (Å²) >= 11 is 0. The van der Waals surface area contributed by atoms with Crippen LogP contribution in [0.1, 0.15) is 47.2 Å². The summed E-state index contributed by atoms with van der Waals surface area (Å²) in [5.74, 6) is 0.733. The smallest absolute Gasteiger partial charge is 0.255 e. The van der Waals surface area contributed by atoms with Crippen LogP contribution in [0.5, 0.6) is 0 Å². The Hall–Kier alpha value is -3.02. The van der Waals surface area contributed by atoms with Gasteiger partial charge in [-0.2, -0.15) is 5.10 Å². The molecule has 3 aromatic heterocycles. The Kier molecular flexibility index (Phi) is 5.11. The number of amides is 1. The van der Waals surface area contributed by atoms with Gasteiger partial charge in [0.25, 0.3) is 5.91 Å². The Labute approximate surface area is 153 Å². The van der Waals surface area contributed by atoms with Crippen molar-refractivity contribution in [1.82, 2.24) is 25.1 Å². The highest BCUT2D eigenvalue weighted by molar-refractivity contribution is 5.95. The van der Waals surface area contributed by atoms with Crippen LogP contribution in [0.2, 0.25) is 0 Å². The maximum atomic E-state index is 12.9. The van der Waals surface area contributed by atoms with Crippen molar-refractivity contribution in [1.29, 1.82) is 0 Å². The number of pyridine rings is 2. The van der Waals surface area contributed by atoms with Gasteiger partial charge >= 0.3 is 0 Å². The summed E-state index contributed by atoms with van der Waals surface area (Å²) in [6.07, 6.45) is 5.05. The number of hydrogen-bond donors (Lipinski definition) is 1. The molecule has 0 bridgehead atoms. The van der Waals surface area contributed by atoms with Crippen LogP contribution in [0, 0.1) is 19.8 Å². The molecule has 0 aromatic carbocycles. The SMILES string of the molecule is Cc1cccnc1[C@@H](NC(=O)c1cnn(-c2ccccn2)c1C)C(C)C. The largest absolute Gasteiger partial charge is 0.343 e. The van der Waals surface area contributed by atoms with Crippen molar-refractivity contribution in [3.05, 3.63) is 71.4 Å². The van der Waals surface area contributed by atoms with Crippen molar-refractivity contribution in [2.75, 3.05) is 0 Å². The average molecular weight is 349 g/mol. The molecule has 3 aromatic rings. The van der Waals surface area contributed by atoms with Crippen molar-refractivity contribution in [2.45, 2.75) is 33.7 Å². The third-order valence-electron chi connectivity index (χ3n) is 4.42. The molecule has 134 valence electrons. The Balaban J connectivity index is 1.88. The maximum absolute atomic E-state index is 12.9. The first-order valence-corrected chi connectivity index (χ1v) is 8.67. The van der Waals surface area contributed by atoms with Gasteiger partial charge in [-0.3, -0.25) is 9.78 Å². The first kappa shape index (κ1) is 17.8. The van der Waals surface area contributed by atoms with Gasteiger partial charge in [0, 0.05) is 12.4 Å². The van der Waals surface area contributed by atoms with E-state index in [0.717, 1.165) is 17.0 Å². The number of rotatable bonds is 5. The molecule has 3 heterocycles. The number of nitrogens with one attached hydrogen (secondary N) is 1. The molecule has 0 aliphatic rings. The van der Waals surface area contributed by atoms with E-state index in [1.165, 1.54) is 0 Å². The second kappa shape index (κ2) is 7.47. The van der Waals surface area contributed by atoms with Crippen LogP contribution in [0.3, 0.4) is 0 Å². The molecule has 6 heteroatoms. The van der Waals surface area contributed by atoms with E-state index in [4.69, 9.17) is 0 Å². The Morgan fingerprint density at radius 1 is 1.08 bits per heavy atom. The molecular weight excluding hydrogens is 326 g/mol. The zero-order valence-electron chi connectivity index (χ0n) is 15.5. The van der Waals surface area contributed by atoms with E-state index < -0.39 is 0 Å². The molecule has 1 N–H and O–H groups in total. The van der Waals surface area contributed by atoms with Crippen LogP contribution in [0.4, 0.5) is 0 Å². The summed E-state index contributed by atoms with van der Waals surface area (Å²) < 4.78 is 1.67. The van der Waals surface area contributed by atoms with E-state index >= 15 is 0 Å². The number of hydrogen-bond acceptors (Lipinski definition) is 4. The summed E-state index contributed by atoms with van der Waals surface area (Å²) in [6, 6.07) is 9.34. The van der Waals surface area contributed by atoms with Gasteiger partial charge in [0.2, 0.25) is 0 Å². The molecule has 0 saturated carbocycles. The lowest BCUT2D eigenvalue weighted by atomic mass is 9.97.